The van der Waals surface area contributed by atoms with Crippen LogP contribution in [0.2, 0.25) is 5.02 Å². The lowest BCUT2D eigenvalue weighted by Crippen LogP contribution is -2.33. The molecule has 3 rings (SSSR count). The maximum atomic E-state index is 14.8. The number of benzene rings is 2. The molecule has 0 radical (unpaired) electrons. The number of ether oxygens (including phenoxy) is 1. The van der Waals surface area contributed by atoms with Crippen molar-refractivity contribution in [2.24, 2.45) is 5.92 Å². The Morgan fingerprint density at radius 3 is 2.39 bits per heavy atom. The molecule has 1 saturated heterocycles. The molecule has 1 aliphatic rings. The highest BCUT2D eigenvalue weighted by atomic mass is 35.5. The maximum Gasteiger partial charge on any atom is 0.305 e. The SMILES string of the molecule is CC(C)CN(Cc1ccc(OCCN2C(=O)CCC2=O)c(F)c1)[C@@H](CC(=O)O)c1ccc(Cl)c(F)c1. The predicted octanol–water partition coefficient (Wildman–Crippen LogP) is 4.82. The van der Waals surface area contributed by atoms with E-state index >= 15 is 0 Å². The second kappa shape index (κ2) is 12.3. The molecule has 0 saturated carbocycles. The molecule has 0 unspecified atom stereocenters. The molecular weight excluding hydrogens is 494 g/mol. The first-order valence-corrected chi connectivity index (χ1v) is 12.1. The van der Waals surface area contributed by atoms with E-state index in [4.69, 9.17) is 16.3 Å². The summed E-state index contributed by atoms with van der Waals surface area (Å²) in [6, 6.07) is 7.99. The molecular formula is C26H29ClF2N2O5. The first-order valence-electron chi connectivity index (χ1n) is 11.7. The maximum absolute atomic E-state index is 14.8. The van der Waals surface area contributed by atoms with Crippen molar-refractivity contribution in [2.45, 2.75) is 45.7 Å². The lowest BCUT2D eigenvalue weighted by atomic mass is 9.99. The molecule has 10 heteroatoms. The third kappa shape index (κ3) is 7.24. The van der Waals surface area contributed by atoms with Crippen molar-refractivity contribution in [1.29, 1.82) is 0 Å². The standard InChI is InChI=1S/C26H29ClF2N2O5/c1-16(2)14-30(22(13-26(34)35)18-4-5-19(27)20(28)12-18)15-17-3-6-23(21(29)11-17)36-10-9-31-24(32)7-8-25(31)33/h3-6,11-12,16,22H,7-10,13-15H2,1-2H3,(H,34,35)/t22-/m0/s1. The number of carboxylic acids is 1. The smallest absolute Gasteiger partial charge is 0.305 e. The summed E-state index contributed by atoms with van der Waals surface area (Å²) in [6.45, 7) is 4.67. The Bertz CT molecular complexity index is 1110. The molecule has 1 fully saturated rings. The van der Waals surface area contributed by atoms with Crippen LogP contribution in [0.5, 0.6) is 5.75 Å². The summed E-state index contributed by atoms with van der Waals surface area (Å²) in [5.41, 5.74) is 1.04. The summed E-state index contributed by atoms with van der Waals surface area (Å²) in [5, 5.41) is 9.47. The fraction of sp³-hybridized carbons (Fsp3) is 0.423. The summed E-state index contributed by atoms with van der Waals surface area (Å²) < 4.78 is 34.4. The van der Waals surface area contributed by atoms with Crippen LogP contribution in [0.3, 0.4) is 0 Å². The van der Waals surface area contributed by atoms with Crippen molar-refractivity contribution < 1.29 is 33.0 Å². The van der Waals surface area contributed by atoms with Gasteiger partial charge in [-0.2, -0.15) is 0 Å². The molecule has 0 bridgehead atoms. The van der Waals surface area contributed by atoms with Gasteiger partial charge in [-0.1, -0.05) is 37.6 Å². The highest BCUT2D eigenvalue weighted by Gasteiger charge is 2.29. The van der Waals surface area contributed by atoms with Gasteiger partial charge in [-0.15, -0.1) is 0 Å². The van der Waals surface area contributed by atoms with Crippen LogP contribution in [-0.2, 0) is 20.9 Å². The third-order valence-corrected chi connectivity index (χ3v) is 6.15. The van der Waals surface area contributed by atoms with Crippen LogP contribution in [0.25, 0.3) is 0 Å². The normalized spacial score (nSPS) is 14.7. The second-order valence-corrected chi connectivity index (χ2v) is 9.57. The van der Waals surface area contributed by atoms with Crippen molar-refractivity contribution in [2.75, 3.05) is 19.7 Å². The average molecular weight is 523 g/mol. The van der Waals surface area contributed by atoms with E-state index in [1.165, 1.54) is 24.3 Å². The zero-order chi connectivity index (χ0) is 26.4. The minimum atomic E-state index is -1.05. The summed E-state index contributed by atoms with van der Waals surface area (Å²) in [4.78, 5) is 38.0. The summed E-state index contributed by atoms with van der Waals surface area (Å²) in [5.74, 6) is -2.70. The van der Waals surface area contributed by atoms with Crippen LogP contribution in [0.15, 0.2) is 36.4 Å². The van der Waals surface area contributed by atoms with Crippen LogP contribution >= 0.6 is 11.6 Å². The number of amides is 2. The molecule has 194 valence electrons. The number of carbonyl (C=O) groups excluding carboxylic acids is 2. The van der Waals surface area contributed by atoms with Crippen molar-refractivity contribution in [1.82, 2.24) is 9.80 Å². The van der Waals surface area contributed by atoms with Crippen molar-refractivity contribution in [3.05, 3.63) is 64.2 Å². The third-order valence-electron chi connectivity index (χ3n) is 5.85. The van der Waals surface area contributed by atoms with E-state index in [1.54, 1.807) is 12.1 Å². The minimum Gasteiger partial charge on any atom is -0.489 e. The van der Waals surface area contributed by atoms with Crippen LogP contribution in [0.1, 0.15) is 50.3 Å². The van der Waals surface area contributed by atoms with Gasteiger partial charge in [0.15, 0.2) is 11.6 Å². The van der Waals surface area contributed by atoms with E-state index in [9.17, 15) is 28.3 Å². The average Bonchev–Trinajstić information content (AvgIpc) is 3.12. The number of aliphatic carboxylic acids is 1. The van der Waals surface area contributed by atoms with Crippen LogP contribution < -0.4 is 4.74 Å². The molecule has 0 spiro atoms. The quantitative estimate of drug-likeness (QED) is 0.402. The van der Waals surface area contributed by atoms with Gasteiger partial charge in [0, 0.05) is 32.0 Å². The van der Waals surface area contributed by atoms with Gasteiger partial charge in [-0.25, -0.2) is 8.78 Å². The Morgan fingerprint density at radius 2 is 1.81 bits per heavy atom. The van der Waals surface area contributed by atoms with Gasteiger partial charge < -0.3 is 9.84 Å². The minimum absolute atomic E-state index is 0.0184. The first-order chi connectivity index (χ1) is 17.0. The monoisotopic (exact) mass is 522 g/mol. The Morgan fingerprint density at radius 1 is 1.11 bits per heavy atom. The number of halogens is 3. The zero-order valence-corrected chi connectivity index (χ0v) is 20.9. The number of hydrogen-bond donors (Lipinski definition) is 1. The number of nitrogens with zero attached hydrogens (tertiary/aromatic N) is 2. The van der Waals surface area contributed by atoms with Gasteiger partial charge in [0.2, 0.25) is 11.8 Å². The van der Waals surface area contributed by atoms with Crippen molar-refractivity contribution in [3.63, 3.8) is 0 Å². The number of hydrogen-bond acceptors (Lipinski definition) is 5. The van der Waals surface area contributed by atoms with Gasteiger partial charge in [0.1, 0.15) is 12.4 Å². The second-order valence-electron chi connectivity index (χ2n) is 9.16. The van der Waals surface area contributed by atoms with E-state index in [2.05, 4.69) is 0 Å². The Kier molecular flexibility index (Phi) is 9.39. The van der Waals surface area contributed by atoms with Gasteiger partial charge in [0.05, 0.1) is 18.0 Å². The number of likely N-dealkylation sites (tertiary alicyclic amines) is 1. The fourth-order valence-corrected chi connectivity index (χ4v) is 4.34. The highest BCUT2D eigenvalue weighted by molar-refractivity contribution is 6.30. The predicted molar refractivity (Wildman–Crippen MR) is 130 cm³/mol. The molecule has 1 heterocycles. The largest absolute Gasteiger partial charge is 0.489 e. The molecule has 7 nitrogen and oxygen atoms in total. The van der Waals surface area contributed by atoms with E-state index in [0.717, 1.165) is 4.90 Å². The van der Waals surface area contributed by atoms with E-state index in [1.807, 2.05) is 18.7 Å². The summed E-state index contributed by atoms with van der Waals surface area (Å²) >= 11 is 5.81. The zero-order valence-electron chi connectivity index (χ0n) is 20.2. The Balaban J connectivity index is 1.75. The van der Waals surface area contributed by atoms with Crippen LogP contribution in [0.4, 0.5) is 8.78 Å². The molecule has 1 aliphatic heterocycles. The lowest BCUT2D eigenvalue weighted by molar-refractivity contribution is -0.140. The Labute approximate surface area is 213 Å². The van der Waals surface area contributed by atoms with E-state index in [0.29, 0.717) is 17.7 Å². The molecule has 0 aliphatic carbocycles. The van der Waals surface area contributed by atoms with Gasteiger partial charge in [0.25, 0.3) is 0 Å². The summed E-state index contributed by atoms with van der Waals surface area (Å²) in [7, 11) is 0. The first kappa shape index (κ1) is 27.5. The van der Waals surface area contributed by atoms with Crippen LogP contribution in [-0.4, -0.2) is 52.4 Å². The fourth-order valence-electron chi connectivity index (χ4n) is 4.23. The summed E-state index contributed by atoms with van der Waals surface area (Å²) in [6.07, 6.45) is 0.0893. The molecule has 2 amide bonds. The molecule has 1 N–H and O–H groups in total. The highest BCUT2D eigenvalue weighted by Crippen LogP contribution is 2.30. The van der Waals surface area contributed by atoms with E-state index in [-0.39, 0.29) is 67.5 Å². The number of carboxylic acid groups (broad SMARTS) is 1. The van der Waals surface area contributed by atoms with Crippen molar-refractivity contribution >= 4 is 29.4 Å². The molecule has 0 aromatic heterocycles. The lowest BCUT2D eigenvalue weighted by Gasteiger charge is -2.33. The van der Waals surface area contributed by atoms with Gasteiger partial charge in [-0.3, -0.25) is 24.2 Å². The van der Waals surface area contributed by atoms with Crippen molar-refractivity contribution in [3.8, 4) is 5.75 Å². The molecule has 1 atom stereocenters. The number of imide groups is 1. The molecule has 36 heavy (non-hydrogen) atoms. The van der Waals surface area contributed by atoms with Crippen LogP contribution in [0, 0.1) is 17.6 Å². The Hall–Kier alpha value is -3.04. The van der Waals surface area contributed by atoms with Gasteiger partial charge >= 0.3 is 5.97 Å². The molecule has 2 aromatic rings. The number of carbonyl (C=O) groups is 3. The molecule has 2 aromatic carbocycles. The van der Waals surface area contributed by atoms with Gasteiger partial charge in [-0.05, 0) is 41.3 Å². The number of rotatable bonds is 12. The van der Waals surface area contributed by atoms with E-state index < -0.39 is 23.6 Å². The topological polar surface area (TPSA) is 87.2 Å².